The molecule has 0 radical (unpaired) electrons. The van der Waals surface area contributed by atoms with Crippen molar-refractivity contribution in [1.29, 1.82) is 0 Å². The number of aromatic amines is 1. The summed E-state index contributed by atoms with van der Waals surface area (Å²) >= 11 is 3.33. The highest BCUT2D eigenvalue weighted by atomic mass is 79.9. The van der Waals surface area contributed by atoms with Crippen molar-refractivity contribution < 1.29 is 4.79 Å². The molecule has 0 aromatic carbocycles. The lowest BCUT2D eigenvalue weighted by Crippen LogP contribution is -2.27. The molecule has 0 aliphatic rings. The van der Waals surface area contributed by atoms with Gasteiger partial charge in [0.1, 0.15) is 0 Å². The van der Waals surface area contributed by atoms with Gasteiger partial charge in [-0.15, -0.1) is 0 Å². The number of H-pyrrole nitrogens is 1. The maximum absolute atomic E-state index is 11.2. The van der Waals surface area contributed by atoms with Crippen LogP contribution in [0, 0.1) is 0 Å². The largest absolute Gasteiger partial charge is 0.351 e. The van der Waals surface area contributed by atoms with E-state index < -0.39 is 0 Å². The van der Waals surface area contributed by atoms with Gasteiger partial charge in [-0.2, -0.15) is 5.10 Å². The minimum Gasteiger partial charge on any atom is -0.351 e. The van der Waals surface area contributed by atoms with E-state index in [-0.39, 0.29) is 10.7 Å². The Kier molecular flexibility index (Phi) is 3.28. The number of aromatic nitrogens is 2. The van der Waals surface area contributed by atoms with Crippen LogP contribution in [0.4, 0.5) is 0 Å². The average Bonchev–Trinajstić information content (AvgIpc) is 2.51. The molecule has 0 aliphatic heterocycles. The molecule has 0 saturated heterocycles. The summed E-state index contributed by atoms with van der Waals surface area (Å²) in [7, 11) is 0. The van der Waals surface area contributed by atoms with Crippen LogP contribution in [0.15, 0.2) is 12.4 Å². The first-order valence-electron chi connectivity index (χ1n) is 3.61. The Bertz CT molecular complexity index is 245. The first-order valence-corrected chi connectivity index (χ1v) is 4.53. The highest BCUT2D eigenvalue weighted by molar-refractivity contribution is 9.09. The second kappa shape index (κ2) is 4.25. The Balaban J connectivity index is 2.40. The van der Waals surface area contributed by atoms with Gasteiger partial charge in [-0.25, -0.2) is 0 Å². The quantitative estimate of drug-likeness (QED) is 0.761. The zero-order chi connectivity index (χ0) is 8.97. The molecule has 5 heteroatoms. The van der Waals surface area contributed by atoms with Gasteiger partial charge in [-0.1, -0.05) is 22.9 Å². The summed E-state index contributed by atoms with van der Waals surface area (Å²) < 4.78 is 0. The number of rotatable bonds is 3. The van der Waals surface area contributed by atoms with Crippen molar-refractivity contribution in [3.05, 3.63) is 18.0 Å². The predicted octanol–water partition coefficient (Wildman–Crippen LogP) is 0.923. The topological polar surface area (TPSA) is 57.8 Å². The van der Waals surface area contributed by atoms with E-state index in [1.807, 2.05) is 6.92 Å². The summed E-state index contributed by atoms with van der Waals surface area (Å²) in [6.07, 6.45) is 3.06. The molecule has 4 nitrogen and oxygen atoms in total. The van der Waals surface area contributed by atoms with Crippen molar-refractivity contribution in [1.82, 2.24) is 15.5 Å². The van der Waals surface area contributed by atoms with Crippen LogP contribution in [0.2, 0.25) is 0 Å². The Morgan fingerprint density at radius 1 is 1.92 bits per heavy atom. The summed E-state index contributed by atoms with van der Waals surface area (Å²) in [5, 5.41) is 8.99. The normalized spacial score (nSPS) is 12.5. The van der Waals surface area contributed by atoms with Crippen molar-refractivity contribution >= 4 is 21.8 Å². The van der Waals surface area contributed by atoms with Gasteiger partial charge in [0, 0.05) is 17.6 Å². The molecule has 1 heterocycles. The van der Waals surface area contributed by atoms with Gasteiger partial charge in [0.25, 0.3) is 5.91 Å². The second-order valence-electron chi connectivity index (χ2n) is 2.48. The molecule has 0 saturated carbocycles. The van der Waals surface area contributed by atoms with E-state index in [2.05, 4.69) is 31.4 Å². The second-order valence-corrected chi connectivity index (χ2v) is 4.04. The van der Waals surface area contributed by atoms with Crippen molar-refractivity contribution in [2.45, 2.75) is 11.8 Å². The predicted molar refractivity (Wildman–Crippen MR) is 49.3 cm³/mol. The summed E-state index contributed by atoms with van der Waals surface area (Å²) in [5.41, 5.74) is 0.558. The van der Waals surface area contributed by atoms with Gasteiger partial charge >= 0.3 is 0 Å². The van der Waals surface area contributed by atoms with Crippen LogP contribution < -0.4 is 5.32 Å². The molecule has 1 unspecified atom stereocenters. The molecule has 1 amide bonds. The maximum Gasteiger partial charge on any atom is 0.254 e. The molecule has 2 N–H and O–H groups in total. The number of nitrogens with zero attached hydrogens (tertiary/aromatic N) is 1. The van der Waals surface area contributed by atoms with Gasteiger partial charge in [-0.05, 0) is 0 Å². The number of halogens is 1. The van der Waals surface area contributed by atoms with Gasteiger partial charge in [0.15, 0.2) is 0 Å². The molecule has 0 spiro atoms. The van der Waals surface area contributed by atoms with E-state index in [0.717, 1.165) is 0 Å². The van der Waals surface area contributed by atoms with E-state index >= 15 is 0 Å². The molecule has 1 aromatic rings. The van der Waals surface area contributed by atoms with Crippen LogP contribution in [-0.4, -0.2) is 27.5 Å². The molecular formula is C7H10BrN3O. The Hall–Kier alpha value is -0.840. The molecule has 1 aromatic heterocycles. The first kappa shape index (κ1) is 9.25. The number of amides is 1. The number of carbonyl (C=O) groups is 1. The van der Waals surface area contributed by atoms with Gasteiger partial charge in [0.2, 0.25) is 0 Å². The summed E-state index contributed by atoms with van der Waals surface area (Å²) in [5.74, 6) is -0.102. The first-order chi connectivity index (χ1) is 5.70. The molecule has 1 rings (SSSR count). The fraction of sp³-hybridized carbons (Fsp3) is 0.429. The molecule has 12 heavy (non-hydrogen) atoms. The third-order valence-electron chi connectivity index (χ3n) is 1.30. The van der Waals surface area contributed by atoms with Crippen LogP contribution in [0.5, 0.6) is 0 Å². The molecule has 0 aliphatic carbocycles. The Morgan fingerprint density at radius 3 is 3.17 bits per heavy atom. The zero-order valence-electron chi connectivity index (χ0n) is 6.67. The van der Waals surface area contributed by atoms with Crippen LogP contribution in [0.1, 0.15) is 17.3 Å². The van der Waals surface area contributed by atoms with E-state index in [1.54, 1.807) is 6.20 Å². The molecular weight excluding hydrogens is 222 g/mol. The number of carbonyl (C=O) groups excluding carboxylic acids is 1. The highest BCUT2D eigenvalue weighted by Crippen LogP contribution is 1.96. The van der Waals surface area contributed by atoms with E-state index in [1.165, 1.54) is 6.20 Å². The summed E-state index contributed by atoms with van der Waals surface area (Å²) in [6.45, 7) is 2.58. The number of hydrogen-bond acceptors (Lipinski definition) is 2. The Morgan fingerprint density at radius 2 is 2.67 bits per heavy atom. The van der Waals surface area contributed by atoms with E-state index in [4.69, 9.17) is 0 Å². The van der Waals surface area contributed by atoms with Crippen LogP contribution >= 0.6 is 15.9 Å². The maximum atomic E-state index is 11.2. The fourth-order valence-corrected chi connectivity index (χ4v) is 0.872. The summed E-state index contributed by atoms with van der Waals surface area (Å²) in [4.78, 5) is 11.5. The van der Waals surface area contributed by atoms with Crippen molar-refractivity contribution in [3.63, 3.8) is 0 Å². The molecule has 1 atom stereocenters. The smallest absolute Gasteiger partial charge is 0.254 e. The van der Waals surface area contributed by atoms with Crippen LogP contribution in [0.3, 0.4) is 0 Å². The summed E-state index contributed by atoms with van der Waals surface area (Å²) in [6, 6.07) is 0. The minimum atomic E-state index is -0.102. The van der Waals surface area contributed by atoms with Gasteiger partial charge in [0.05, 0.1) is 11.8 Å². The lowest BCUT2D eigenvalue weighted by molar-refractivity contribution is 0.0954. The van der Waals surface area contributed by atoms with Crippen molar-refractivity contribution in [2.75, 3.05) is 6.54 Å². The molecule has 0 bridgehead atoms. The van der Waals surface area contributed by atoms with Crippen molar-refractivity contribution in [3.8, 4) is 0 Å². The monoisotopic (exact) mass is 231 g/mol. The SMILES string of the molecule is CC(Br)CNC(=O)c1cn[nH]c1. The lowest BCUT2D eigenvalue weighted by Gasteiger charge is -2.03. The van der Waals surface area contributed by atoms with E-state index in [0.29, 0.717) is 12.1 Å². The molecule has 0 fully saturated rings. The number of alkyl halides is 1. The van der Waals surface area contributed by atoms with Crippen molar-refractivity contribution in [2.24, 2.45) is 0 Å². The lowest BCUT2D eigenvalue weighted by atomic mass is 10.3. The minimum absolute atomic E-state index is 0.102. The standard InChI is InChI=1S/C7H10BrN3O/c1-5(8)2-9-7(12)6-3-10-11-4-6/h3-5H,2H2,1H3,(H,9,12)(H,10,11). The zero-order valence-corrected chi connectivity index (χ0v) is 8.26. The van der Waals surface area contributed by atoms with Gasteiger partial charge < -0.3 is 5.32 Å². The van der Waals surface area contributed by atoms with Gasteiger partial charge in [-0.3, -0.25) is 9.89 Å². The van der Waals surface area contributed by atoms with Crippen LogP contribution in [-0.2, 0) is 0 Å². The Labute approximate surface area is 78.9 Å². The fourth-order valence-electron chi connectivity index (χ4n) is 0.710. The molecule has 66 valence electrons. The third kappa shape index (κ3) is 2.65. The van der Waals surface area contributed by atoms with Crippen LogP contribution in [0.25, 0.3) is 0 Å². The average molecular weight is 232 g/mol. The number of hydrogen-bond donors (Lipinski definition) is 2. The highest BCUT2D eigenvalue weighted by Gasteiger charge is 2.05. The third-order valence-corrected chi connectivity index (χ3v) is 1.63. The van der Waals surface area contributed by atoms with E-state index in [9.17, 15) is 4.79 Å². The number of nitrogens with one attached hydrogen (secondary N) is 2.